The van der Waals surface area contributed by atoms with Gasteiger partial charge in [-0.1, -0.05) is 0 Å². The van der Waals surface area contributed by atoms with Crippen molar-refractivity contribution in [1.82, 2.24) is 30.0 Å². The van der Waals surface area contributed by atoms with Crippen LogP contribution >= 0.6 is 0 Å². The predicted octanol–water partition coefficient (Wildman–Crippen LogP) is 0.750. The van der Waals surface area contributed by atoms with Crippen LogP contribution in [0.15, 0.2) is 24.5 Å². The van der Waals surface area contributed by atoms with Crippen molar-refractivity contribution in [3.05, 3.63) is 36.0 Å². The second-order valence-electron chi connectivity index (χ2n) is 5.65. The lowest BCUT2D eigenvalue weighted by atomic mass is 10.3. The van der Waals surface area contributed by atoms with E-state index in [-0.39, 0.29) is 11.6 Å². The topological polar surface area (TPSA) is 79.2 Å². The van der Waals surface area contributed by atoms with Gasteiger partial charge in [0.15, 0.2) is 11.5 Å². The molecule has 0 atom stereocenters. The number of hydrogen-bond donors (Lipinski definition) is 1. The lowest BCUT2D eigenvalue weighted by Gasteiger charge is -2.34. The average molecular weight is 351 g/mol. The van der Waals surface area contributed by atoms with Crippen LogP contribution in [-0.4, -0.2) is 63.8 Å². The molecule has 10 heteroatoms. The van der Waals surface area contributed by atoms with Gasteiger partial charge in [-0.3, -0.25) is 14.3 Å². The second kappa shape index (κ2) is 7.51. The number of carbonyl (C=O) groups is 1. The largest absolute Gasteiger partial charge is 0.354 e. The molecule has 25 heavy (non-hydrogen) atoms. The van der Waals surface area contributed by atoms with Crippen LogP contribution in [0.4, 0.5) is 14.6 Å². The Morgan fingerprint density at radius 1 is 1.24 bits per heavy atom. The third-order valence-electron chi connectivity index (χ3n) is 4.13. The van der Waals surface area contributed by atoms with E-state index in [0.29, 0.717) is 44.4 Å². The van der Waals surface area contributed by atoms with Crippen LogP contribution in [-0.2, 0) is 6.54 Å². The van der Waals surface area contributed by atoms with Crippen molar-refractivity contribution in [3.8, 4) is 0 Å². The van der Waals surface area contributed by atoms with Gasteiger partial charge in [-0.2, -0.15) is 8.78 Å². The first-order valence-electron chi connectivity index (χ1n) is 7.91. The van der Waals surface area contributed by atoms with Crippen LogP contribution in [0.2, 0.25) is 0 Å². The lowest BCUT2D eigenvalue weighted by molar-refractivity contribution is 0.0636. The molecule has 1 N–H and O–H groups in total. The highest BCUT2D eigenvalue weighted by molar-refractivity contribution is 5.91. The maximum Gasteiger partial charge on any atom is 0.319 e. The van der Waals surface area contributed by atoms with E-state index in [1.807, 2.05) is 0 Å². The summed E-state index contributed by atoms with van der Waals surface area (Å²) in [5, 5.41) is 10.5. The van der Waals surface area contributed by atoms with Gasteiger partial charge in [0.05, 0.1) is 6.54 Å². The minimum Gasteiger partial charge on any atom is -0.354 e. The van der Waals surface area contributed by atoms with Gasteiger partial charge in [-0.25, -0.2) is 4.98 Å². The SMILES string of the molecule is CNC(=O)c1ccc(N2CCN(Cc3nccn3C(F)F)CC2)nn1. The number of nitrogens with one attached hydrogen (secondary N) is 1. The standard InChI is InChI=1S/C15H19F2N7O/c1-18-14(25)11-2-3-12(21-20-11)23-8-6-22(7-9-23)10-13-19-4-5-24(13)15(16)17/h2-5,15H,6-10H2,1H3,(H,18,25). The minimum absolute atomic E-state index is 0.267. The molecule has 0 saturated carbocycles. The third kappa shape index (κ3) is 3.90. The van der Waals surface area contributed by atoms with Crippen LogP contribution in [0.1, 0.15) is 22.9 Å². The Hall–Kier alpha value is -2.62. The smallest absolute Gasteiger partial charge is 0.319 e. The quantitative estimate of drug-likeness (QED) is 0.856. The molecule has 0 aromatic carbocycles. The van der Waals surface area contributed by atoms with E-state index in [1.54, 1.807) is 12.1 Å². The number of rotatable bonds is 5. The minimum atomic E-state index is -2.58. The van der Waals surface area contributed by atoms with Crippen molar-refractivity contribution < 1.29 is 13.6 Å². The first-order chi connectivity index (χ1) is 12.1. The van der Waals surface area contributed by atoms with E-state index < -0.39 is 6.55 Å². The summed E-state index contributed by atoms with van der Waals surface area (Å²) >= 11 is 0. The van der Waals surface area contributed by atoms with Crippen LogP contribution in [0.3, 0.4) is 0 Å². The van der Waals surface area contributed by atoms with E-state index in [4.69, 9.17) is 0 Å². The number of alkyl halides is 2. The van der Waals surface area contributed by atoms with E-state index >= 15 is 0 Å². The fraction of sp³-hybridized carbons (Fsp3) is 0.467. The summed E-state index contributed by atoms with van der Waals surface area (Å²) in [5.74, 6) is 0.776. The monoisotopic (exact) mass is 351 g/mol. The molecule has 8 nitrogen and oxygen atoms in total. The fourth-order valence-corrected chi connectivity index (χ4v) is 2.72. The number of anilines is 1. The molecule has 1 amide bonds. The van der Waals surface area contributed by atoms with Gasteiger partial charge in [0.25, 0.3) is 5.91 Å². The van der Waals surface area contributed by atoms with Gasteiger partial charge < -0.3 is 10.2 Å². The molecule has 0 radical (unpaired) electrons. The summed E-state index contributed by atoms with van der Waals surface area (Å²) in [6.07, 6.45) is 2.68. The van der Waals surface area contributed by atoms with Crippen molar-refractivity contribution in [2.75, 3.05) is 38.1 Å². The maximum atomic E-state index is 12.9. The number of amides is 1. The van der Waals surface area contributed by atoms with Gasteiger partial charge in [0.1, 0.15) is 5.82 Å². The fourth-order valence-electron chi connectivity index (χ4n) is 2.72. The molecule has 0 unspecified atom stereocenters. The normalized spacial score (nSPS) is 15.6. The highest BCUT2D eigenvalue weighted by Gasteiger charge is 2.21. The number of halogens is 2. The van der Waals surface area contributed by atoms with E-state index in [0.717, 1.165) is 4.57 Å². The number of imidazole rings is 1. The molecule has 2 aromatic rings. The Balaban J connectivity index is 1.56. The lowest BCUT2D eigenvalue weighted by Crippen LogP contribution is -2.46. The summed E-state index contributed by atoms with van der Waals surface area (Å²) in [4.78, 5) is 19.6. The Bertz CT molecular complexity index is 711. The average Bonchev–Trinajstić information content (AvgIpc) is 3.10. The van der Waals surface area contributed by atoms with Gasteiger partial charge in [-0.05, 0) is 12.1 Å². The van der Waals surface area contributed by atoms with E-state index in [2.05, 4.69) is 30.3 Å². The molecule has 1 aliphatic rings. The summed E-state index contributed by atoms with van der Waals surface area (Å²) in [7, 11) is 1.54. The van der Waals surface area contributed by atoms with Crippen molar-refractivity contribution in [3.63, 3.8) is 0 Å². The maximum absolute atomic E-state index is 12.9. The van der Waals surface area contributed by atoms with Gasteiger partial charge in [0, 0.05) is 45.6 Å². The highest BCUT2D eigenvalue weighted by Crippen LogP contribution is 2.17. The van der Waals surface area contributed by atoms with Crippen LogP contribution < -0.4 is 10.2 Å². The summed E-state index contributed by atoms with van der Waals surface area (Å²) in [5.41, 5.74) is 0.267. The molecule has 0 spiro atoms. The molecular formula is C15H19F2N7O. The van der Waals surface area contributed by atoms with Crippen molar-refractivity contribution in [1.29, 1.82) is 0 Å². The number of piperazine rings is 1. The molecule has 1 saturated heterocycles. The zero-order chi connectivity index (χ0) is 17.8. The van der Waals surface area contributed by atoms with Crippen LogP contribution in [0.25, 0.3) is 0 Å². The second-order valence-corrected chi connectivity index (χ2v) is 5.65. The highest BCUT2D eigenvalue weighted by atomic mass is 19.3. The number of carbonyl (C=O) groups excluding carboxylic acids is 1. The van der Waals surface area contributed by atoms with Gasteiger partial charge in [-0.15, -0.1) is 10.2 Å². The predicted molar refractivity (Wildman–Crippen MR) is 86.4 cm³/mol. The Morgan fingerprint density at radius 2 is 2.00 bits per heavy atom. The van der Waals surface area contributed by atoms with Gasteiger partial charge in [0.2, 0.25) is 0 Å². The summed E-state index contributed by atoms with van der Waals surface area (Å²) < 4.78 is 26.6. The number of hydrogen-bond acceptors (Lipinski definition) is 6. The summed E-state index contributed by atoms with van der Waals surface area (Å²) in [6.45, 7) is 0.608. The Labute approximate surface area is 143 Å². The van der Waals surface area contributed by atoms with Crippen molar-refractivity contribution >= 4 is 11.7 Å². The zero-order valence-corrected chi connectivity index (χ0v) is 13.8. The molecule has 3 heterocycles. The third-order valence-corrected chi connectivity index (χ3v) is 4.13. The Morgan fingerprint density at radius 3 is 2.60 bits per heavy atom. The van der Waals surface area contributed by atoms with Crippen LogP contribution in [0, 0.1) is 0 Å². The summed E-state index contributed by atoms with van der Waals surface area (Å²) in [6, 6.07) is 3.39. The van der Waals surface area contributed by atoms with Crippen molar-refractivity contribution in [2.24, 2.45) is 0 Å². The van der Waals surface area contributed by atoms with E-state index in [1.165, 1.54) is 19.4 Å². The first kappa shape index (κ1) is 17.2. The molecule has 134 valence electrons. The molecule has 2 aromatic heterocycles. The molecule has 1 aliphatic heterocycles. The zero-order valence-electron chi connectivity index (χ0n) is 13.8. The van der Waals surface area contributed by atoms with E-state index in [9.17, 15) is 13.6 Å². The number of aromatic nitrogens is 4. The Kier molecular flexibility index (Phi) is 5.17. The molecular weight excluding hydrogens is 332 g/mol. The molecule has 0 bridgehead atoms. The molecule has 1 fully saturated rings. The first-order valence-corrected chi connectivity index (χ1v) is 7.91. The molecule has 0 aliphatic carbocycles. The van der Waals surface area contributed by atoms with Crippen LogP contribution in [0.5, 0.6) is 0 Å². The molecule has 3 rings (SSSR count). The number of nitrogens with zero attached hydrogens (tertiary/aromatic N) is 6. The van der Waals surface area contributed by atoms with Crippen molar-refractivity contribution in [2.45, 2.75) is 13.1 Å². The van der Waals surface area contributed by atoms with Gasteiger partial charge >= 0.3 is 6.55 Å².